The van der Waals surface area contributed by atoms with Crippen LogP contribution in [-0.4, -0.2) is 37.1 Å². The lowest BCUT2D eigenvalue weighted by Gasteiger charge is -2.10. The van der Waals surface area contributed by atoms with Gasteiger partial charge in [-0.1, -0.05) is 11.8 Å². The zero-order valence-electron chi connectivity index (χ0n) is 14.3. The number of pyridine rings is 1. The quantitative estimate of drug-likeness (QED) is 0.513. The van der Waals surface area contributed by atoms with Crippen LogP contribution in [0.25, 0.3) is 11.4 Å². The molecule has 0 aliphatic rings. The van der Waals surface area contributed by atoms with Gasteiger partial charge in [-0.05, 0) is 50.2 Å². The monoisotopic (exact) mass is 367 g/mol. The number of ketones is 1. The molecule has 0 bridgehead atoms. The molecule has 0 radical (unpaired) electrons. The van der Waals surface area contributed by atoms with E-state index in [4.69, 9.17) is 0 Å². The van der Waals surface area contributed by atoms with E-state index in [1.54, 1.807) is 43.6 Å². The molecule has 0 spiro atoms. The maximum absolute atomic E-state index is 12.3. The van der Waals surface area contributed by atoms with Crippen molar-refractivity contribution in [3.8, 4) is 11.4 Å². The zero-order chi connectivity index (χ0) is 18.5. The summed E-state index contributed by atoms with van der Waals surface area (Å²) in [6.45, 7) is 3.28. The standard InChI is InChI=1S/C18H17N5O2S/c1-11(24)13-5-7-15(8-6-13)20-17(25)12(2)26-18-21-16(22-23-18)14-4-3-9-19-10-14/h3-10,12H,1-2H3,(H,20,25)(H,21,22,23)/t12-/m0/s1. The Morgan fingerprint density at radius 3 is 2.62 bits per heavy atom. The number of aromatic nitrogens is 4. The maximum atomic E-state index is 12.3. The number of hydrogen-bond acceptors (Lipinski definition) is 6. The van der Waals surface area contributed by atoms with Crippen LogP contribution in [0.1, 0.15) is 24.2 Å². The average Bonchev–Trinajstić information content (AvgIpc) is 3.11. The Morgan fingerprint density at radius 1 is 1.19 bits per heavy atom. The minimum atomic E-state index is -0.389. The molecule has 0 saturated heterocycles. The summed E-state index contributed by atoms with van der Waals surface area (Å²) in [6, 6.07) is 10.5. The summed E-state index contributed by atoms with van der Waals surface area (Å²) in [6.07, 6.45) is 3.38. The van der Waals surface area contributed by atoms with Crippen LogP contribution >= 0.6 is 11.8 Å². The van der Waals surface area contributed by atoms with Crippen LogP contribution in [0, 0.1) is 0 Å². The Hall–Kier alpha value is -3.00. The third kappa shape index (κ3) is 4.34. The van der Waals surface area contributed by atoms with Gasteiger partial charge in [0.1, 0.15) is 0 Å². The lowest BCUT2D eigenvalue weighted by Crippen LogP contribution is -2.22. The Morgan fingerprint density at radius 2 is 1.96 bits per heavy atom. The molecule has 1 atom stereocenters. The summed E-state index contributed by atoms with van der Waals surface area (Å²) >= 11 is 1.25. The highest BCUT2D eigenvalue weighted by molar-refractivity contribution is 8.00. The fourth-order valence-corrected chi connectivity index (χ4v) is 2.90. The number of H-pyrrole nitrogens is 1. The second-order valence-electron chi connectivity index (χ2n) is 5.59. The minimum Gasteiger partial charge on any atom is -0.325 e. The highest BCUT2D eigenvalue weighted by Crippen LogP contribution is 2.23. The number of anilines is 1. The summed E-state index contributed by atoms with van der Waals surface area (Å²) in [4.78, 5) is 32.0. The number of carbonyl (C=O) groups is 2. The van der Waals surface area contributed by atoms with E-state index in [0.717, 1.165) is 5.56 Å². The molecule has 0 aliphatic heterocycles. The molecule has 2 aromatic heterocycles. The molecular weight excluding hydrogens is 350 g/mol. The molecule has 0 saturated carbocycles. The van der Waals surface area contributed by atoms with E-state index >= 15 is 0 Å². The van der Waals surface area contributed by atoms with Gasteiger partial charge in [0, 0.05) is 29.2 Å². The zero-order valence-corrected chi connectivity index (χ0v) is 15.1. The molecule has 2 heterocycles. The summed E-state index contributed by atoms with van der Waals surface area (Å²) in [5, 5.41) is 9.90. The summed E-state index contributed by atoms with van der Waals surface area (Å²) < 4.78 is 0. The van der Waals surface area contributed by atoms with Gasteiger partial charge >= 0.3 is 0 Å². The van der Waals surface area contributed by atoms with Crippen LogP contribution in [0.2, 0.25) is 0 Å². The van der Waals surface area contributed by atoms with Crippen LogP contribution in [0.15, 0.2) is 53.9 Å². The van der Waals surface area contributed by atoms with Gasteiger partial charge in [-0.15, -0.1) is 5.10 Å². The molecule has 0 fully saturated rings. The van der Waals surface area contributed by atoms with Gasteiger partial charge in [0.15, 0.2) is 11.6 Å². The third-order valence-electron chi connectivity index (χ3n) is 3.61. The molecule has 8 heteroatoms. The van der Waals surface area contributed by atoms with Gasteiger partial charge in [0.2, 0.25) is 11.1 Å². The van der Waals surface area contributed by atoms with Gasteiger partial charge in [-0.2, -0.15) is 0 Å². The number of amides is 1. The molecule has 1 amide bonds. The molecule has 0 aliphatic carbocycles. The predicted molar refractivity (Wildman–Crippen MR) is 100 cm³/mol. The fourth-order valence-electron chi connectivity index (χ4n) is 2.17. The Balaban J connectivity index is 1.61. The first kappa shape index (κ1) is 17.8. The fraction of sp³-hybridized carbons (Fsp3) is 0.167. The Kier molecular flexibility index (Phi) is 5.43. The number of carbonyl (C=O) groups excluding carboxylic acids is 2. The Labute approximate surface area is 154 Å². The van der Waals surface area contributed by atoms with Crippen molar-refractivity contribution < 1.29 is 9.59 Å². The lowest BCUT2D eigenvalue weighted by atomic mass is 10.1. The number of hydrogen-bond donors (Lipinski definition) is 2. The number of nitrogens with zero attached hydrogens (tertiary/aromatic N) is 3. The van der Waals surface area contributed by atoms with Gasteiger partial charge < -0.3 is 5.32 Å². The first-order valence-corrected chi connectivity index (χ1v) is 8.82. The predicted octanol–water partition coefficient (Wildman–Crippen LogP) is 3.19. The van der Waals surface area contributed by atoms with E-state index in [1.807, 2.05) is 12.1 Å². The molecule has 132 valence electrons. The summed E-state index contributed by atoms with van der Waals surface area (Å²) in [5.74, 6) is 0.423. The number of thioether (sulfide) groups is 1. The van der Waals surface area contributed by atoms with Crippen LogP contribution in [-0.2, 0) is 4.79 Å². The highest BCUT2D eigenvalue weighted by Gasteiger charge is 2.17. The van der Waals surface area contributed by atoms with Crippen molar-refractivity contribution in [3.63, 3.8) is 0 Å². The van der Waals surface area contributed by atoms with E-state index in [2.05, 4.69) is 25.5 Å². The second kappa shape index (κ2) is 7.92. The highest BCUT2D eigenvalue weighted by atomic mass is 32.2. The molecule has 3 aromatic rings. The number of aromatic amines is 1. The van der Waals surface area contributed by atoms with Crippen molar-refractivity contribution >= 4 is 29.1 Å². The summed E-state index contributed by atoms with van der Waals surface area (Å²) in [7, 11) is 0. The average molecular weight is 367 g/mol. The number of Topliss-reactive ketones (excluding diaryl/α,β-unsaturated/α-hetero) is 1. The van der Waals surface area contributed by atoms with Crippen LogP contribution in [0.4, 0.5) is 5.69 Å². The van der Waals surface area contributed by atoms with E-state index in [9.17, 15) is 9.59 Å². The number of rotatable bonds is 6. The van der Waals surface area contributed by atoms with Crippen molar-refractivity contribution in [2.45, 2.75) is 24.3 Å². The molecule has 2 N–H and O–H groups in total. The minimum absolute atomic E-state index is 0.0131. The largest absolute Gasteiger partial charge is 0.325 e. The maximum Gasteiger partial charge on any atom is 0.237 e. The smallest absolute Gasteiger partial charge is 0.237 e. The SMILES string of the molecule is CC(=O)c1ccc(NC(=O)[C@H](C)Sc2n[nH]c(-c3cccnc3)n2)cc1. The van der Waals surface area contributed by atoms with E-state index < -0.39 is 0 Å². The topological polar surface area (TPSA) is 101 Å². The summed E-state index contributed by atoms with van der Waals surface area (Å²) in [5.41, 5.74) is 2.07. The van der Waals surface area contributed by atoms with Gasteiger partial charge in [-0.25, -0.2) is 4.98 Å². The first-order chi connectivity index (χ1) is 12.5. The molecular formula is C18H17N5O2S. The van der Waals surface area contributed by atoms with E-state index in [0.29, 0.717) is 22.2 Å². The van der Waals surface area contributed by atoms with Crippen LogP contribution in [0.3, 0.4) is 0 Å². The lowest BCUT2D eigenvalue weighted by molar-refractivity contribution is -0.115. The number of nitrogens with one attached hydrogen (secondary N) is 2. The van der Waals surface area contributed by atoms with Crippen molar-refractivity contribution in [3.05, 3.63) is 54.4 Å². The van der Waals surface area contributed by atoms with Gasteiger partial charge in [0.05, 0.1) is 5.25 Å². The third-order valence-corrected chi connectivity index (χ3v) is 4.57. The molecule has 7 nitrogen and oxygen atoms in total. The van der Waals surface area contributed by atoms with Gasteiger partial charge in [-0.3, -0.25) is 19.7 Å². The second-order valence-corrected chi connectivity index (χ2v) is 6.90. The van der Waals surface area contributed by atoms with E-state index in [1.165, 1.54) is 18.7 Å². The molecule has 26 heavy (non-hydrogen) atoms. The first-order valence-electron chi connectivity index (χ1n) is 7.94. The normalized spacial score (nSPS) is 11.8. The number of benzene rings is 1. The molecule has 1 aromatic carbocycles. The van der Waals surface area contributed by atoms with Gasteiger partial charge in [0.25, 0.3) is 0 Å². The van der Waals surface area contributed by atoms with E-state index in [-0.39, 0.29) is 16.9 Å². The van der Waals surface area contributed by atoms with Crippen LogP contribution in [0.5, 0.6) is 0 Å². The molecule has 3 rings (SSSR count). The van der Waals surface area contributed by atoms with Crippen molar-refractivity contribution in [2.24, 2.45) is 0 Å². The van der Waals surface area contributed by atoms with Crippen molar-refractivity contribution in [1.82, 2.24) is 20.2 Å². The Bertz CT molecular complexity index is 909. The van der Waals surface area contributed by atoms with Crippen molar-refractivity contribution in [1.29, 1.82) is 0 Å². The van der Waals surface area contributed by atoms with Crippen LogP contribution < -0.4 is 5.32 Å². The molecule has 0 unspecified atom stereocenters. The van der Waals surface area contributed by atoms with Crippen molar-refractivity contribution in [2.75, 3.05) is 5.32 Å².